The van der Waals surface area contributed by atoms with Crippen molar-refractivity contribution < 1.29 is 26.7 Å². The van der Waals surface area contributed by atoms with Crippen molar-refractivity contribution in [3.8, 4) is 0 Å². The molecular weight excluding hydrogens is 916 g/mol. The quantitative estimate of drug-likeness (QED) is 0.213. The third kappa shape index (κ3) is 11.2. The van der Waals surface area contributed by atoms with Crippen LogP contribution in [-0.2, 0) is 37.7 Å². The van der Waals surface area contributed by atoms with Crippen LogP contribution < -0.4 is 19.7 Å². The fourth-order valence-corrected chi connectivity index (χ4v) is 10.4. The standard InChI is InChI=1S/C18H24BrN5O3S.C16H22BrN5O2S.CH4O.ClH/c1-4-13-10-21-24(11-13)18(20-5-2)22-28(26,27)17-9-16-14(8-15(17)19)6-7-23(16)12(3)25;1-3-11-9-20-22(10-11)16(18-4-2)21-25(23,24)15-8-14-12(5-6-19-14)7-13(15)17;1-2;/h8-10,13H,4-7,11H2,1-3H3,(H,20,22);7-9,11,19H,3-6,10H2,1-2H3,(H,18,21);2H,1H3;1H. The molecule has 4 heterocycles. The molecule has 6 rings (SSSR count). The van der Waals surface area contributed by atoms with Gasteiger partial charge in [0.2, 0.25) is 17.8 Å². The highest BCUT2D eigenvalue weighted by molar-refractivity contribution is 9.10. The summed E-state index contributed by atoms with van der Waals surface area (Å²) in [6.07, 6.45) is 7.12. The van der Waals surface area contributed by atoms with Crippen LogP contribution in [0.5, 0.6) is 0 Å². The van der Waals surface area contributed by atoms with Crippen LogP contribution in [-0.4, -0.2) is 109 Å². The molecule has 310 valence electrons. The number of hydrogen-bond acceptors (Lipinski definition) is 11. The van der Waals surface area contributed by atoms with Gasteiger partial charge in [-0.15, -0.1) is 12.4 Å². The van der Waals surface area contributed by atoms with Crippen LogP contribution >= 0.6 is 44.3 Å². The Bertz CT molecular complexity index is 2070. The van der Waals surface area contributed by atoms with Crippen molar-refractivity contribution in [2.24, 2.45) is 32.0 Å². The number of carbonyl (C=O) groups excluding carboxylic acids is 1. The third-order valence-corrected chi connectivity index (χ3v) is 13.7. The van der Waals surface area contributed by atoms with E-state index in [9.17, 15) is 21.6 Å². The minimum Gasteiger partial charge on any atom is -0.400 e. The van der Waals surface area contributed by atoms with E-state index >= 15 is 0 Å². The number of aliphatic imine (C=N–C) groups is 2. The number of rotatable bonds is 8. The number of carbonyl (C=O) groups is 1. The predicted octanol–water partition coefficient (Wildman–Crippen LogP) is 4.77. The van der Waals surface area contributed by atoms with Gasteiger partial charge in [-0.2, -0.15) is 10.2 Å². The molecule has 4 N–H and O–H groups in total. The number of sulfonamides is 2. The largest absolute Gasteiger partial charge is 0.400 e. The lowest BCUT2D eigenvalue weighted by Gasteiger charge is -2.20. The van der Waals surface area contributed by atoms with Gasteiger partial charge >= 0.3 is 0 Å². The summed E-state index contributed by atoms with van der Waals surface area (Å²) in [5.41, 5.74) is 3.56. The van der Waals surface area contributed by atoms with Crippen molar-refractivity contribution in [2.45, 2.75) is 70.1 Å². The van der Waals surface area contributed by atoms with E-state index in [1.807, 2.05) is 32.3 Å². The number of nitrogens with zero attached hydrogens (tertiary/aromatic N) is 7. The molecule has 0 saturated carbocycles. The van der Waals surface area contributed by atoms with Crippen molar-refractivity contribution in [2.75, 3.05) is 56.6 Å². The molecule has 2 aromatic carbocycles. The summed E-state index contributed by atoms with van der Waals surface area (Å²) in [6.45, 7) is 12.8. The topological polar surface area (TPSA) is 201 Å². The van der Waals surface area contributed by atoms with E-state index in [2.05, 4.69) is 80.7 Å². The second-order valence-electron chi connectivity index (χ2n) is 12.8. The number of halogens is 3. The zero-order valence-electron chi connectivity index (χ0n) is 32.3. The molecule has 0 radical (unpaired) electrons. The first-order chi connectivity index (χ1) is 26.2. The van der Waals surface area contributed by atoms with E-state index in [1.54, 1.807) is 33.1 Å². The summed E-state index contributed by atoms with van der Waals surface area (Å²) in [6, 6.07) is 6.84. The predicted molar refractivity (Wildman–Crippen MR) is 232 cm³/mol. The Morgan fingerprint density at radius 3 is 1.75 bits per heavy atom. The van der Waals surface area contributed by atoms with E-state index in [0.717, 1.165) is 49.7 Å². The Hall–Kier alpha value is -3.30. The molecule has 0 aliphatic carbocycles. The van der Waals surface area contributed by atoms with Gasteiger partial charge in [-0.3, -0.25) is 14.8 Å². The van der Waals surface area contributed by atoms with Crippen LogP contribution in [0.1, 0.15) is 58.6 Å². The fraction of sp³-hybridized carbons (Fsp3) is 0.514. The van der Waals surface area contributed by atoms with Crippen LogP contribution in [0.25, 0.3) is 0 Å². The number of fused-ring (bicyclic) bond motifs is 2. The highest BCUT2D eigenvalue weighted by Gasteiger charge is 2.31. The first-order valence-electron chi connectivity index (χ1n) is 18.1. The van der Waals surface area contributed by atoms with Crippen LogP contribution in [0.15, 0.2) is 63.2 Å². The molecule has 1 amide bonds. The molecule has 4 aliphatic heterocycles. The summed E-state index contributed by atoms with van der Waals surface area (Å²) in [5, 5.41) is 22.0. The minimum absolute atomic E-state index is 0. The zero-order valence-corrected chi connectivity index (χ0v) is 37.9. The number of benzene rings is 2. The number of amides is 1. The van der Waals surface area contributed by atoms with Gasteiger partial charge < -0.3 is 15.3 Å². The molecule has 0 bridgehead atoms. The number of aliphatic hydroxyl groups is 1. The summed E-state index contributed by atoms with van der Waals surface area (Å²) in [4.78, 5) is 22.3. The van der Waals surface area contributed by atoms with Crippen molar-refractivity contribution in [1.29, 1.82) is 0 Å². The lowest BCUT2D eigenvalue weighted by Crippen LogP contribution is -2.41. The molecular formula is C35H51Br2ClN10O6S2. The number of hydrazone groups is 2. The Morgan fingerprint density at radius 2 is 1.30 bits per heavy atom. The maximum Gasteiger partial charge on any atom is 0.265 e. The van der Waals surface area contributed by atoms with Gasteiger partial charge in [-0.05, 0) is 107 Å². The molecule has 0 aromatic heterocycles. The molecule has 2 atom stereocenters. The molecule has 2 unspecified atom stereocenters. The highest BCUT2D eigenvalue weighted by Crippen LogP contribution is 2.36. The molecule has 2 aromatic rings. The molecule has 4 aliphatic rings. The third-order valence-electron chi connectivity index (χ3n) is 9.11. The Balaban J connectivity index is 0.000000284. The number of nitrogens with one attached hydrogen (secondary N) is 3. The van der Waals surface area contributed by atoms with Gasteiger partial charge in [-0.25, -0.2) is 36.3 Å². The maximum atomic E-state index is 13.1. The Labute approximate surface area is 353 Å². The number of anilines is 2. The van der Waals surface area contributed by atoms with Crippen molar-refractivity contribution in [1.82, 2.24) is 19.5 Å². The summed E-state index contributed by atoms with van der Waals surface area (Å²) >= 11 is 6.76. The van der Waals surface area contributed by atoms with E-state index in [0.29, 0.717) is 59.7 Å². The van der Waals surface area contributed by atoms with Gasteiger partial charge in [0, 0.05) is 84.8 Å². The first-order valence-corrected chi connectivity index (χ1v) is 22.7. The zero-order chi connectivity index (χ0) is 40.5. The van der Waals surface area contributed by atoms with E-state index in [4.69, 9.17) is 5.11 Å². The first kappa shape index (κ1) is 47.1. The average Bonchev–Trinajstić information content (AvgIpc) is 3.98. The lowest BCUT2D eigenvalue weighted by atomic mass is 10.1. The molecule has 0 saturated heterocycles. The lowest BCUT2D eigenvalue weighted by molar-refractivity contribution is -0.116. The normalized spacial score (nSPS) is 18.6. The number of guanidine groups is 2. The van der Waals surface area contributed by atoms with Gasteiger partial charge in [-0.1, -0.05) is 13.8 Å². The van der Waals surface area contributed by atoms with Crippen LogP contribution in [0, 0.1) is 11.8 Å². The molecule has 0 fully saturated rings. The van der Waals surface area contributed by atoms with E-state index in [-0.39, 0.29) is 45.9 Å². The monoisotopic (exact) mass is 964 g/mol. The molecule has 16 nitrogen and oxygen atoms in total. The van der Waals surface area contributed by atoms with E-state index < -0.39 is 20.0 Å². The SMILES string of the molecule is CCN=C(NS(=O)(=O)c1cc2c(cc1Br)CCN2)N1CC(CC)C=N1.CCN=C(NS(=O)(=O)c1cc2c(cc1Br)CCN2C(C)=O)N1CC(CC)C=N1.CO.Cl. The average molecular weight is 967 g/mol. The van der Waals surface area contributed by atoms with Crippen LogP contribution in [0.4, 0.5) is 11.4 Å². The smallest absolute Gasteiger partial charge is 0.265 e. The second-order valence-corrected chi connectivity index (χ2v) is 17.8. The highest BCUT2D eigenvalue weighted by atomic mass is 79.9. The van der Waals surface area contributed by atoms with Crippen molar-refractivity contribution >= 4 is 106 Å². The van der Waals surface area contributed by atoms with Crippen LogP contribution in [0.2, 0.25) is 0 Å². The van der Waals surface area contributed by atoms with Gasteiger partial charge in [0.1, 0.15) is 9.79 Å². The molecule has 21 heteroatoms. The molecule has 56 heavy (non-hydrogen) atoms. The summed E-state index contributed by atoms with van der Waals surface area (Å²) in [7, 11) is -6.70. The summed E-state index contributed by atoms with van der Waals surface area (Å²) < 4.78 is 58.3. The van der Waals surface area contributed by atoms with E-state index in [1.165, 1.54) is 6.92 Å². The number of aliphatic hydroxyl groups excluding tert-OH is 1. The second kappa shape index (κ2) is 20.9. The Morgan fingerprint density at radius 1 is 0.821 bits per heavy atom. The van der Waals surface area contributed by atoms with Crippen molar-refractivity contribution in [3.63, 3.8) is 0 Å². The van der Waals surface area contributed by atoms with Crippen LogP contribution in [0.3, 0.4) is 0 Å². The summed E-state index contributed by atoms with van der Waals surface area (Å²) in [5.74, 6) is 0.924. The molecule has 0 spiro atoms. The Kier molecular flexibility index (Phi) is 17.6. The number of hydrogen-bond donors (Lipinski definition) is 4. The van der Waals surface area contributed by atoms with Gasteiger partial charge in [0.25, 0.3) is 20.0 Å². The minimum atomic E-state index is -3.93. The van der Waals surface area contributed by atoms with Gasteiger partial charge in [0.15, 0.2) is 0 Å². The van der Waals surface area contributed by atoms with Crippen molar-refractivity contribution in [3.05, 3.63) is 44.3 Å². The fourth-order valence-electron chi connectivity index (χ4n) is 6.14. The van der Waals surface area contributed by atoms with Gasteiger partial charge in [0.05, 0.1) is 13.1 Å². The maximum absolute atomic E-state index is 13.1.